The molecule has 1 aromatic heterocycles. The molecular formula is C21H27N5O2. The highest BCUT2D eigenvalue weighted by atomic mass is 16.5. The number of nitrogens with zero attached hydrogens (tertiary/aromatic N) is 1. The van der Waals surface area contributed by atoms with Gasteiger partial charge in [0.05, 0.1) is 12.2 Å². The first-order valence-electron chi connectivity index (χ1n) is 9.35. The number of nitrogens with one attached hydrogen (secondary N) is 3. The standard InChI is InChI=1S/C21H27N5O2/c1-21(2,3)19(23)26-12-13(8-11-18(26)22)28-17-10-9-16(25-20(24)27)14-6-4-5-7-15(14)17/h4-8,11-12,16-17,22-23H,9-10H2,1-3H3,(H3,24,25,27). The van der Waals surface area contributed by atoms with E-state index in [1.807, 2.05) is 45.0 Å². The van der Waals surface area contributed by atoms with Crippen LogP contribution in [0.5, 0.6) is 5.75 Å². The number of fused-ring (bicyclic) bond motifs is 1. The highest BCUT2D eigenvalue weighted by Crippen LogP contribution is 2.38. The Balaban J connectivity index is 1.89. The third-order valence-electron chi connectivity index (χ3n) is 4.90. The summed E-state index contributed by atoms with van der Waals surface area (Å²) in [5, 5.41) is 19.3. The van der Waals surface area contributed by atoms with Gasteiger partial charge in [0, 0.05) is 5.41 Å². The van der Waals surface area contributed by atoms with Gasteiger partial charge in [0.1, 0.15) is 23.2 Å². The number of ether oxygens (including phenoxy) is 1. The number of primary amides is 1. The number of rotatable bonds is 3. The van der Waals surface area contributed by atoms with E-state index in [2.05, 4.69) is 5.32 Å². The molecule has 0 saturated heterocycles. The van der Waals surface area contributed by atoms with Crippen molar-refractivity contribution in [2.45, 2.75) is 45.8 Å². The Hall–Kier alpha value is -3.09. The van der Waals surface area contributed by atoms with E-state index in [4.69, 9.17) is 21.3 Å². The monoisotopic (exact) mass is 381 g/mol. The Bertz CT molecular complexity index is 958. The second-order valence-electron chi connectivity index (χ2n) is 8.09. The molecule has 2 atom stereocenters. The number of pyridine rings is 1. The van der Waals surface area contributed by atoms with Crippen molar-refractivity contribution in [1.82, 2.24) is 9.88 Å². The average molecular weight is 381 g/mol. The molecule has 0 aliphatic heterocycles. The molecule has 1 heterocycles. The fourth-order valence-electron chi connectivity index (χ4n) is 3.46. The molecule has 2 amide bonds. The van der Waals surface area contributed by atoms with Gasteiger partial charge < -0.3 is 15.8 Å². The number of hydrogen-bond donors (Lipinski definition) is 4. The number of amides is 2. The molecule has 0 fully saturated rings. The Kier molecular flexibility index (Phi) is 5.27. The van der Waals surface area contributed by atoms with Gasteiger partial charge in [0.15, 0.2) is 0 Å². The summed E-state index contributed by atoms with van der Waals surface area (Å²) in [5.41, 5.74) is 7.18. The molecule has 0 saturated carbocycles. The van der Waals surface area contributed by atoms with E-state index in [1.54, 1.807) is 22.9 Å². The minimum absolute atomic E-state index is 0.122. The van der Waals surface area contributed by atoms with Gasteiger partial charge in [-0.05, 0) is 36.1 Å². The number of carbonyl (C=O) groups is 1. The molecule has 28 heavy (non-hydrogen) atoms. The van der Waals surface area contributed by atoms with Crippen LogP contribution in [0.3, 0.4) is 0 Å². The second-order valence-corrected chi connectivity index (χ2v) is 8.09. The van der Waals surface area contributed by atoms with Gasteiger partial charge in [0.25, 0.3) is 0 Å². The third-order valence-corrected chi connectivity index (χ3v) is 4.90. The van der Waals surface area contributed by atoms with Crippen LogP contribution >= 0.6 is 0 Å². The molecule has 0 bridgehead atoms. The first kappa shape index (κ1) is 19.7. The van der Waals surface area contributed by atoms with Crippen molar-refractivity contribution in [3.05, 3.63) is 59.2 Å². The van der Waals surface area contributed by atoms with Gasteiger partial charge in [-0.2, -0.15) is 0 Å². The summed E-state index contributed by atoms with van der Waals surface area (Å²) in [6.45, 7) is 5.83. The molecule has 2 unspecified atom stereocenters. The van der Waals surface area contributed by atoms with E-state index < -0.39 is 6.03 Å². The lowest BCUT2D eigenvalue weighted by atomic mass is 9.85. The van der Waals surface area contributed by atoms with Crippen LogP contribution in [-0.2, 0) is 0 Å². The Morgan fingerprint density at radius 3 is 2.50 bits per heavy atom. The molecule has 3 rings (SSSR count). The first-order chi connectivity index (χ1) is 13.2. The van der Waals surface area contributed by atoms with E-state index in [-0.39, 0.29) is 23.0 Å². The number of carbonyl (C=O) groups excluding carboxylic acids is 1. The molecule has 1 aliphatic rings. The Labute approximate surface area is 164 Å². The molecule has 7 nitrogen and oxygen atoms in total. The zero-order chi connectivity index (χ0) is 20.5. The lowest BCUT2D eigenvalue weighted by Gasteiger charge is -2.32. The molecule has 148 valence electrons. The van der Waals surface area contributed by atoms with Gasteiger partial charge >= 0.3 is 6.03 Å². The minimum atomic E-state index is -0.535. The van der Waals surface area contributed by atoms with Crippen molar-refractivity contribution < 1.29 is 9.53 Å². The number of benzene rings is 1. The highest BCUT2D eigenvalue weighted by molar-refractivity contribution is 5.86. The lowest BCUT2D eigenvalue weighted by Crippen LogP contribution is -2.36. The molecule has 1 aliphatic carbocycles. The van der Waals surface area contributed by atoms with Gasteiger partial charge in [-0.15, -0.1) is 0 Å². The molecule has 0 radical (unpaired) electrons. The minimum Gasteiger partial charge on any atom is -0.484 e. The summed E-state index contributed by atoms with van der Waals surface area (Å²) in [5.74, 6) is 0.934. The number of urea groups is 1. The van der Waals surface area contributed by atoms with Crippen molar-refractivity contribution in [1.29, 1.82) is 10.8 Å². The average Bonchev–Trinajstić information content (AvgIpc) is 2.63. The maximum absolute atomic E-state index is 11.3. The van der Waals surface area contributed by atoms with Gasteiger partial charge in [-0.3, -0.25) is 15.4 Å². The van der Waals surface area contributed by atoms with Crippen LogP contribution < -0.4 is 21.3 Å². The van der Waals surface area contributed by atoms with Crippen molar-refractivity contribution in [3.63, 3.8) is 0 Å². The van der Waals surface area contributed by atoms with Crippen LogP contribution in [0.4, 0.5) is 4.79 Å². The molecule has 5 N–H and O–H groups in total. The fraction of sp³-hybridized carbons (Fsp3) is 0.381. The Morgan fingerprint density at radius 2 is 1.86 bits per heavy atom. The quantitative estimate of drug-likeness (QED) is 0.481. The van der Waals surface area contributed by atoms with Crippen LogP contribution in [0, 0.1) is 16.2 Å². The normalized spacial score (nSPS) is 18.8. The fourth-order valence-corrected chi connectivity index (χ4v) is 3.46. The molecule has 7 heteroatoms. The van der Waals surface area contributed by atoms with Crippen molar-refractivity contribution in [2.75, 3.05) is 0 Å². The van der Waals surface area contributed by atoms with Crippen LogP contribution in [0.1, 0.15) is 56.9 Å². The maximum atomic E-state index is 11.3. The number of nitrogens with two attached hydrogens (primary N) is 1. The predicted octanol–water partition coefficient (Wildman–Crippen LogP) is 3.46. The maximum Gasteiger partial charge on any atom is 0.312 e. The zero-order valence-electron chi connectivity index (χ0n) is 16.5. The summed E-state index contributed by atoms with van der Waals surface area (Å²) < 4.78 is 7.79. The van der Waals surface area contributed by atoms with E-state index in [1.165, 1.54) is 0 Å². The van der Waals surface area contributed by atoms with Gasteiger partial charge in [-0.1, -0.05) is 45.0 Å². The molecule has 0 spiro atoms. The SMILES string of the molecule is CC(C)(C)C(=N)n1cc(OC2CCC(NC(N)=O)c3ccccc32)ccc1=N. The summed E-state index contributed by atoms with van der Waals surface area (Å²) in [4.78, 5) is 11.3. The number of aromatic nitrogens is 1. The van der Waals surface area contributed by atoms with Crippen LogP contribution in [0.2, 0.25) is 0 Å². The summed E-state index contributed by atoms with van der Waals surface area (Å²) in [6, 6.07) is 10.6. The van der Waals surface area contributed by atoms with Crippen LogP contribution in [0.15, 0.2) is 42.6 Å². The highest BCUT2D eigenvalue weighted by Gasteiger charge is 2.29. The first-order valence-corrected chi connectivity index (χ1v) is 9.35. The molecule has 2 aromatic rings. The zero-order valence-corrected chi connectivity index (χ0v) is 16.5. The van der Waals surface area contributed by atoms with E-state index in [0.29, 0.717) is 11.6 Å². The number of hydrogen-bond acceptors (Lipinski definition) is 4. The van der Waals surface area contributed by atoms with Crippen molar-refractivity contribution in [2.24, 2.45) is 11.1 Å². The van der Waals surface area contributed by atoms with Crippen molar-refractivity contribution in [3.8, 4) is 5.75 Å². The van der Waals surface area contributed by atoms with Gasteiger partial charge in [0.2, 0.25) is 0 Å². The van der Waals surface area contributed by atoms with Crippen LogP contribution in [-0.4, -0.2) is 16.4 Å². The predicted molar refractivity (Wildman–Crippen MR) is 107 cm³/mol. The molecule has 1 aromatic carbocycles. The van der Waals surface area contributed by atoms with Crippen molar-refractivity contribution >= 4 is 11.9 Å². The molecular weight excluding hydrogens is 354 g/mol. The summed E-state index contributed by atoms with van der Waals surface area (Å²) >= 11 is 0. The largest absolute Gasteiger partial charge is 0.484 e. The Morgan fingerprint density at radius 1 is 1.18 bits per heavy atom. The topological polar surface area (TPSA) is 117 Å². The summed E-state index contributed by atoms with van der Waals surface area (Å²) in [6.07, 6.45) is 2.97. The van der Waals surface area contributed by atoms with Gasteiger partial charge in [-0.25, -0.2) is 4.79 Å². The lowest BCUT2D eigenvalue weighted by molar-refractivity contribution is 0.171. The summed E-state index contributed by atoms with van der Waals surface area (Å²) in [7, 11) is 0. The second kappa shape index (κ2) is 7.50. The van der Waals surface area contributed by atoms with E-state index in [9.17, 15) is 4.79 Å². The third kappa shape index (κ3) is 4.08. The smallest absolute Gasteiger partial charge is 0.312 e. The van der Waals surface area contributed by atoms with E-state index in [0.717, 1.165) is 24.0 Å². The van der Waals surface area contributed by atoms with E-state index >= 15 is 0 Å². The van der Waals surface area contributed by atoms with Crippen LogP contribution in [0.25, 0.3) is 0 Å².